The van der Waals surface area contributed by atoms with Crippen LogP contribution in [0, 0.1) is 5.92 Å². The van der Waals surface area contributed by atoms with Crippen molar-refractivity contribution in [3.8, 4) is 0 Å². The van der Waals surface area contributed by atoms with Crippen molar-refractivity contribution in [2.45, 2.75) is 32.7 Å². The maximum Gasteiger partial charge on any atom is 0.228 e. The van der Waals surface area contributed by atoms with E-state index in [9.17, 15) is 9.59 Å². The van der Waals surface area contributed by atoms with Gasteiger partial charge in [-0.1, -0.05) is 0 Å². The molecule has 2 aliphatic rings. The van der Waals surface area contributed by atoms with Crippen molar-refractivity contribution in [2.24, 2.45) is 5.92 Å². The monoisotopic (exact) mass is 267 g/mol. The van der Waals surface area contributed by atoms with E-state index in [1.165, 1.54) is 0 Å². The van der Waals surface area contributed by atoms with Gasteiger partial charge in [0, 0.05) is 44.7 Å². The largest absolute Gasteiger partial charge is 0.340 e. The number of amides is 2. The molecule has 0 saturated carbocycles. The Bertz CT molecular complexity index is 367. The highest BCUT2D eigenvalue weighted by molar-refractivity contribution is 5.89. The van der Waals surface area contributed by atoms with Gasteiger partial charge in [0.25, 0.3) is 0 Å². The topological polar surface area (TPSA) is 43.9 Å². The third-order valence-corrected chi connectivity index (χ3v) is 4.10. The van der Waals surface area contributed by atoms with Crippen molar-refractivity contribution in [1.29, 1.82) is 0 Å². The average Bonchev–Trinajstić information content (AvgIpc) is 2.71. The van der Waals surface area contributed by atoms with E-state index in [2.05, 4.69) is 11.9 Å². The molecule has 108 valence electrons. The summed E-state index contributed by atoms with van der Waals surface area (Å²) < 4.78 is 0. The van der Waals surface area contributed by atoms with E-state index in [1.54, 1.807) is 0 Å². The molecule has 0 aliphatic carbocycles. The van der Waals surface area contributed by atoms with Crippen molar-refractivity contribution >= 4 is 11.8 Å². The molecule has 2 amide bonds. The highest BCUT2D eigenvalue weighted by Crippen LogP contribution is 2.27. The van der Waals surface area contributed by atoms with Crippen molar-refractivity contribution in [3.63, 3.8) is 0 Å². The van der Waals surface area contributed by atoms with Crippen LogP contribution in [0.4, 0.5) is 0 Å². The summed E-state index contributed by atoms with van der Waals surface area (Å²) in [4.78, 5) is 30.5. The number of hydrogen-bond donors (Lipinski definition) is 0. The summed E-state index contributed by atoms with van der Waals surface area (Å²) in [6, 6.07) is 0. The molecule has 19 heavy (non-hydrogen) atoms. The van der Waals surface area contributed by atoms with E-state index in [0.717, 1.165) is 26.2 Å². The molecule has 1 atom stereocenters. The molecule has 0 unspecified atom stereocenters. The summed E-state index contributed by atoms with van der Waals surface area (Å²) in [5, 5.41) is 0. The zero-order chi connectivity index (χ0) is 14.2. The van der Waals surface area contributed by atoms with Crippen LogP contribution < -0.4 is 0 Å². The Morgan fingerprint density at radius 2 is 1.74 bits per heavy atom. The molecule has 2 saturated heterocycles. The molecule has 2 rings (SSSR count). The molecule has 0 bridgehead atoms. The van der Waals surface area contributed by atoms with E-state index in [0.29, 0.717) is 13.0 Å². The van der Waals surface area contributed by atoms with E-state index < -0.39 is 0 Å². The van der Waals surface area contributed by atoms with Gasteiger partial charge < -0.3 is 14.7 Å². The summed E-state index contributed by atoms with van der Waals surface area (Å²) in [6.45, 7) is 10.1. The first-order valence-electron chi connectivity index (χ1n) is 7.07. The molecule has 0 spiro atoms. The molecule has 5 heteroatoms. The first kappa shape index (κ1) is 14.3. The molecule has 0 aromatic carbocycles. The summed E-state index contributed by atoms with van der Waals surface area (Å²) in [5.74, 6) is 0.128. The van der Waals surface area contributed by atoms with Gasteiger partial charge in [0.15, 0.2) is 0 Å². The van der Waals surface area contributed by atoms with Gasteiger partial charge in [-0.15, -0.1) is 0 Å². The van der Waals surface area contributed by atoms with Gasteiger partial charge >= 0.3 is 0 Å². The van der Waals surface area contributed by atoms with Gasteiger partial charge in [-0.2, -0.15) is 0 Å². The number of carbonyl (C=O) groups is 2. The second-order valence-corrected chi connectivity index (χ2v) is 6.70. The maximum atomic E-state index is 12.5. The molecule has 2 fully saturated rings. The number of hydrogen-bond acceptors (Lipinski definition) is 3. The van der Waals surface area contributed by atoms with Crippen LogP contribution in [-0.2, 0) is 9.59 Å². The second kappa shape index (κ2) is 5.12. The summed E-state index contributed by atoms with van der Waals surface area (Å²) in [6.07, 6.45) is 0.377. The number of nitrogens with zero attached hydrogens (tertiary/aromatic N) is 3. The Balaban J connectivity index is 1.96. The van der Waals surface area contributed by atoms with Crippen molar-refractivity contribution < 1.29 is 9.59 Å². The number of piperazine rings is 1. The van der Waals surface area contributed by atoms with Crippen LogP contribution in [0.1, 0.15) is 27.2 Å². The third kappa shape index (κ3) is 3.08. The Morgan fingerprint density at radius 1 is 1.16 bits per heavy atom. The highest BCUT2D eigenvalue weighted by atomic mass is 16.2. The van der Waals surface area contributed by atoms with Crippen molar-refractivity contribution in [2.75, 3.05) is 39.8 Å². The lowest BCUT2D eigenvalue weighted by Crippen LogP contribution is -2.49. The molecular weight excluding hydrogens is 242 g/mol. The minimum absolute atomic E-state index is 0.111. The van der Waals surface area contributed by atoms with Crippen molar-refractivity contribution in [3.05, 3.63) is 0 Å². The number of carbonyl (C=O) groups excluding carboxylic acids is 2. The summed E-state index contributed by atoms with van der Waals surface area (Å²) in [5.41, 5.74) is -0.186. The van der Waals surface area contributed by atoms with Gasteiger partial charge in [0.2, 0.25) is 11.8 Å². The Hall–Kier alpha value is -1.10. The van der Waals surface area contributed by atoms with Gasteiger partial charge in [-0.25, -0.2) is 0 Å². The van der Waals surface area contributed by atoms with Crippen LogP contribution in [-0.4, -0.2) is 71.8 Å². The molecular formula is C14H25N3O2. The molecule has 0 radical (unpaired) electrons. The van der Waals surface area contributed by atoms with Gasteiger partial charge in [0.1, 0.15) is 0 Å². The zero-order valence-electron chi connectivity index (χ0n) is 12.5. The van der Waals surface area contributed by atoms with E-state index >= 15 is 0 Å². The van der Waals surface area contributed by atoms with Crippen LogP contribution in [0.3, 0.4) is 0 Å². The highest BCUT2D eigenvalue weighted by Gasteiger charge is 2.41. The first-order chi connectivity index (χ1) is 8.79. The summed E-state index contributed by atoms with van der Waals surface area (Å²) >= 11 is 0. The minimum Gasteiger partial charge on any atom is -0.340 e. The number of rotatable bonds is 1. The lowest BCUT2D eigenvalue weighted by atomic mass is 10.1. The minimum atomic E-state index is -0.186. The fraction of sp³-hybridized carbons (Fsp3) is 0.857. The molecule has 2 aliphatic heterocycles. The predicted molar refractivity (Wildman–Crippen MR) is 73.7 cm³/mol. The van der Waals surface area contributed by atoms with Crippen LogP contribution in [0.2, 0.25) is 0 Å². The second-order valence-electron chi connectivity index (χ2n) is 6.70. The Morgan fingerprint density at radius 3 is 2.21 bits per heavy atom. The van der Waals surface area contributed by atoms with Gasteiger partial charge in [0.05, 0.1) is 5.92 Å². The van der Waals surface area contributed by atoms with Gasteiger partial charge in [-0.05, 0) is 27.8 Å². The van der Waals surface area contributed by atoms with E-state index in [-0.39, 0.29) is 23.3 Å². The lowest BCUT2D eigenvalue weighted by Gasteiger charge is -2.35. The fourth-order valence-electron chi connectivity index (χ4n) is 2.81. The number of likely N-dealkylation sites (tertiary alicyclic amines) is 1. The first-order valence-corrected chi connectivity index (χ1v) is 7.07. The summed E-state index contributed by atoms with van der Waals surface area (Å²) in [7, 11) is 2.07. The SMILES string of the molecule is CN1CCN(C(=O)[C@H]2CC(=O)N(C(C)(C)C)C2)CC1. The molecule has 2 heterocycles. The van der Waals surface area contributed by atoms with Crippen LogP contribution in [0.5, 0.6) is 0 Å². The molecule has 0 aromatic heterocycles. The zero-order valence-corrected chi connectivity index (χ0v) is 12.5. The maximum absolute atomic E-state index is 12.5. The predicted octanol–water partition coefficient (Wildman–Crippen LogP) is 0.407. The third-order valence-electron chi connectivity index (χ3n) is 4.10. The molecule has 0 N–H and O–H groups in total. The van der Waals surface area contributed by atoms with Crippen LogP contribution in [0.15, 0.2) is 0 Å². The molecule has 5 nitrogen and oxygen atoms in total. The molecule has 0 aromatic rings. The van der Waals surface area contributed by atoms with Crippen LogP contribution >= 0.6 is 0 Å². The Kier molecular flexibility index (Phi) is 3.85. The smallest absolute Gasteiger partial charge is 0.228 e. The van der Waals surface area contributed by atoms with Gasteiger partial charge in [-0.3, -0.25) is 9.59 Å². The lowest BCUT2D eigenvalue weighted by molar-refractivity contribution is -0.137. The Labute approximate surface area is 115 Å². The fourth-order valence-corrected chi connectivity index (χ4v) is 2.81. The van der Waals surface area contributed by atoms with Crippen LogP contribution in [0.25, 0.3) is 0 Å². The van der Waals surface area contributed by atoms with E-state index in [4.69, 9.17) is 0 Å². The average molecular weight is 267 g/mol. The standard InChI is InChI=1S/C14H25N3O2/c1-14(2,3)17-10-11(9-12(17)18)13(19)16-7-5-15(4)6-8-16/h11H,5-10H2,1-4H3/t11-/m0/s1. The van der Waals surface area contributed by atoms with Crippen molar-refractivity contribution in [1.82, 2.24) is 14.7 Å². The van der Waals surface area contributed by atoms with E-state index in [1.807, 2.05) is 30.6 Å². The number of likely N-dealkylation sites (N-methyl/N-ethyl adjacent to an activating group) is 1. The normalized spacial score (nSPS) is 26.1. The quantitative estimate of drug-likeness (QED) is 0.691.